The lowest BCUT2D eigenvalue weighted by atomic mass is 10.1. The van der Waals surface area contributed by atoms with Crippen molar-refractivity contribution in [3.8, 4) is 5.75 Å². The summed E-state index contributed by atoms with van der Waals surface area (Å²) < 4.78 is 20.4. The summed E-state index contributed by atoms with van der Waals surface area (Å²) in [6.07, 6.45) is 1.97. The number of carbonyl (C=O) groups is 1. The van der Waals surface area contributed by atoms with Crippen LogP contribution in [0.3, 0.4) is 0 Å². The van der Waals surface area contributed by atoms with Crippen molar-refractivity contribution in [3.05, 3.63) is 82.9 Å². The second-order valence-electron chi connectivity index (χ2n) is 6.66. The smallest absolute Gasteiger partial charge is 0.251 e. The molecule has 3 rings (SSSR count). The first-order chi connectivity index (χ1) is 13.5. The molecule has 146 valence electrons. The van der Waals surface area contributed by atoms with Gasteiger partial charge in [0.05, 0.1) is 11.7 Å². The van der Waals surface area contributed by atoms with Crippen molar-refractivity contribution >= 4 is 5.91 Å². The molecular formula is C22H24FN3O2. The Morgan fingerprint density at radius 3 is 2.46 bits per heavy atom. The van der Waals surface area contributed by atoms with Crippen molar-refractivity contribution in [2.24, 2.45) is 0 Å². The van der Waals surface area contributed by atoms with Gasteiger partial charge in [0.15, 0.2) is 0 Å². The summed E-state index contributed by atoms with van der Waals surface area (Å²) in [5.41, 5.74) is 3.44. The van der Waals surface area contributed by atoms with E-state index < -0.39 is 0 Å². The minimum atomic E-state index is -0.297. The summed E-state index contributed by atoms with van der Waals surface area (Å²) in [5.74, 6) is 0.163. The van der Waals surface area contributed by atoms with Crippen LogP contribution in [0.15, 0.2) is 54.7 Å². The molecule has 1 unspecified atom stereocenters. The number of nitrogens with zero attached hydrogens (tertiary/aromatic N) is 2. The highest BCUT2D eigenvalue weighted by molar-refractivity contribution is 5.94. The van der Waals surface area contributed by atoms with Crippen molar-refractivity contribution in [2.75, 3.05) is 0 Å². The van der Waals surface area contributed by atoms with Crippen molar-refractivity contribution in [1.29, 1.82) is 0 Å². The molecule has 2 aromatic carbocycles. The van der Waals surface area contributed by atoms with Gasteiger partial charge >= 0.3 is 0 Å². The van der Waals surface area contributed by atoms with Gasteiger partial charge in [-0.1, -0.05) is 12.1 Å². The number of ether oxygens (including phenoxy) is 1. The Morgan fingerprint density at radius 1 is 1.18 bits per heavy atom. The molecule has 0 aliphatic rings. The summed E-state index contributed by atoms with van der Waals surface area (Å²) in [6, 6.07) is 13.0. The molecule has 0 spiro atoms. The number of nitrogens with one attached hydrogen (secondary N) is 1. The van der Waals surface area contributed by atoms with Crippen LogP contribution < -0.4 is 10.1 Å². The third-order valence-electron chi connectivity index (χ3n) is 4.56. The fraction of sp³-hybridized carbons (Fsp3) is 0.273. The van der Waals surface area contributed by atoms with Crippen molar-refractivity contribution in [3.63, 3.8) is 0 Å². The molecule has 0 radical (unpaired) electrons. The molecule has 28 heavy (non-hydrogen) atoms. The molecule has 0 bridgehead atoms. The van der Waals surface area contributed by atoms with Crippen molar-refractivity contribution < 1.29 is 13.9 Å². The molecule has 3 aromatic rings. The van der Waals surface area contributed by atoms with Crippen molar-refractivity contribution in [1.82, 2.24) is 15.1 Å². The highest BCUT2D eigenvalue weighted by Gasteiger charge is 2.15. The molecule has 1 atom stereocenters. The monoisotopic (exact) mass is 381 g/mol. The lowest BCUT2D eigenvalue weighted by Gasteiger charge is -2.13. The number of rotatable bonds is 7. The molecule has 0 saturated heterocycles. The Morgan fingerprint density at radius 2 is 1.86 bits per heavy atom. The van der Waals surface area contributed by atoms with E-state index in [1.54, 1.807) is 24.3 Å². The van der Waals surface area contributed by atoms with Crippen LogP contribution >= 0.6 is 0 Å². The SMILES string of the molecule is CCn1cc(C(C)NC(=O)c2ccc(COc3ccc(F)cc3)cc2)c(C)n1. The topological polar surface area (TPSA) is 56.2 Å². The summed E-state index contributed by atoms with van der Waals surface area (Å²) in [5, 5.41) is 7.44. The van der Waals surface area contributed by atoms with Crippen LogP contribution in [0, 0.1) is 12.7 Å². The molecular weight excluding hydrogens is 357 g/mol. The predicted octanol–water partition coefficient (Wildman–Crippen LogP) is 4.42. The molecule has 6 heteroatoms. The Labute approximate surface area is 164 Å². The Kier molecular flexibility index (Phi) is 6.09. The van der Waals surface area contributed by atoms with E-state index in [4.69, 9.17) is 4.74 Å². The largest absolute Gasteiger partial charge is 0.489 e. The molecule has 1 heterocycles. The van der Waals surface area contributed by atoms with Gasteiger partial charge in [-0.05, 0) is 62.7 Å². The maximum Gasteiger partial charge on any atom is 0.251 e. The number of hydrogen-bond donors (Lipinski definition) is 1. The summed E-state index contributed by atoms with van der Waals surface area (Å²) in [4.78, 5) is 12.5. The zero-order chi connectivity index (χ0) is 20.1. The number of aromatic nitrogens is 2. The summed E-state index contributed by atoms with van der Waals surface area (Å²) in [6.45, 7) is 7.07. The van der Waals surface area contributed by atoms with Gasteiger partial charge in [-0.2, -0.15) is 5.10 Å². The van der Waals surface area contributed by atoms with Crippen molar-refractivity contribution in [2.45, 2.75) is 40.0 Å². The summed E-state index contributed by atoms with van der Waals surface area (Å²) >= 11 is 0. The van der Waals surface area contributed by atoms with Crippen LogP contribution in [-0.2, 0) is 13.2 Å². The van der Waals surface area contributed by atoms with E-state index in [9.17, 15) is 9.18 Å². The Bertz CT molecular complexity index is 933. The van der Waals surface area contributed by atoms with Gasteiger partial charge < -0.3 is 10.1 Å². The van der Waals surface area contributed by atoms with E-state index in [2.05, 4.69) is 10.4 Å². The second-order valence-corrected chi connectivity index (χ2v) is 6.66. The third kappa shape index (κ3) is 4.76. The highest BCUT2D eigenvalue weighted by Crippen LogP contribution is 2.17. The minimum absolute atomic E-state index is 0.130. The number of benzene rings is 2. The van der Waals surface area contributed by atoms with E-state index >= 15 is 0 Å². The number of amides is 1. The average Bonchev–Trinajstić information content (AvgIpc) is 3.09. The van der Waals surface area contributed by atoms with Crippen LogP contribution in [0.4, 0.5) is 4.39 Å². The molecule has 0 fully saturated rings. The lowest BCUT2D eigenvalue weighted by molar-refractivity contribution is 0.0939. The maximum atomic E-state index is 12.9. The standard InChI is InChI=1S/C22H24FN3O2/c1-4-26-13-21(16(3)25-26)15(2)24-22(27)18-7-5-17(6-8-18)14-28-20-11-9-19(23)10-12-20/h5-13,15H,4,14H2,1-3H3,(H,24,27). The Hall–Kier alpha value is -3.15. The molecule has 1 amide bonds. The number of hydrogen-bond acceptors (Lipinski definition) is 3. The first kappa shape index (κ1) is 19.6. The van der Waals surface area contributed by atoms with Gasteiger partial charge in [0, 0.05) is 23.9 Å². The van der Waals surface area contributed by atoms with E-state index in [-0.39, 0.29) is 17.8 Å². The predicted molar refractivity (Wildman–Crippen MR) is 106 cm³/mol. The normalized spacial score (nSPS) is 11.9. The minimum Gasteiger partial charge on any atom is -0.489 e. The highest BCUT2D eigenvalue weighted by atomic mass is 19.1. The summed E-state index contributed by atoms with van der Waals surface area (Å²) in [7, 11) is 0. The van der Waals surface area contributed by atoms with Crippen LogP contribution in [0.2, 0.25) is 0 Å². The second kappa shape index (κ2) is 8.69. The van der Waals surface area contributed by atoms with Crippen LogP contribution in [0.1, 0.15) is 47.1 Å². The van der Waals surface area contributed by atoms with Crippen LogP contribution in [-0.4, -0.2) is 15.7 Å². The molecule has 1 N–H and O–H groups in total. The van der Waals surface area contributed by atoms with Crippen LogP contribution in [0.5, 0.6) is 5.75 Å². The third-order valence-corrected chi connectivity index (χ3v) is 4.56. The average molecular weight is 381 g/mol. The van der Waals surface area contributed by atoms with Crippen LogP contribution in [0.25, 0.3) is 0 Å². The quantitative estimate of drug-likeness (QED) is 0.659. The fourth-order valence-corrected chi connectivity index (χ4v) is 2.93. The van der Waals surface area contributed by atoms with Gasteiger partial charge in [-0.15, -0.1) is 0 Å². The zero-order valence-electron chi connectivity index (χ0n) is 16.3. The zero-order valence-corrected chi connectivity index (χ0v) is 16.3. The van der Waals surface area contributed by atoms with E-state index in [1.807, 2.05) is 43.8 Å². The number of carbonyl (C=O) groups excluding carboxylic acids is 1. The van der Waals surface area contributed by atoms with E-state index in [0.717, 1.165) is 23.4 Å². The van der Waals surface area contributed by atoms with Gasteiger partial charge in [-0.3, -0.25) is 9.48 Å². The molecule has 1 aromatic heterocycles. The van der Waals surface area contributed by atoms with Gasteiger partial charge in [0.2, 0.25) is 0 Å². The first-order valence-electron chi connectivity index (χ1n) is 9.28. The fourth-order valence-electron chi connectivity index (χ4n) is 2.93. The molecule has 5 nitrogen and oxygen atoms in total. The molecule has 0 saturated carbocycles. The van der Waals surface area contributed by atoms with Gasteiger partial charge in [-0.25, -0.2) is 4.39 Å². The molecule has 0 aliphatic heterocycles. The van der Waals surface area contributed by atoms with Gasteiger partial charge in [0.25, 0.3) is 5.91 Å². The Balaban J connectivity index is 1.58. The maximum absolute atomic E-state index is 12.9. The lowest BCUT2D eigenvalue weighted by Crippen LogP contribution is -2.26. The number of halogens is 1. The molecule has 0 aliphatic carbocycles. The van der Waals surface area contributed by atoms with Gasteiger partial charge in [0.1, 0.15) is 18.2 Å². The van der Waals surface area contributed by atoms with E-state index in [1.165, 1.54) is 12.1 Å². The number of aryl methyl sites for hydroxylation is 2. The van der Waals surface area contributed by atoms with E-state index in [0.29, 0.717) is 17.9 Å². The first-order valence-corrected chi connectivity index (χ1v) is 9.28.